The third-order valence-corrected chi connectivity index (χ3v) is 7.80. The van der Waals surface area contributed by atoms with Crippen molar-refractivity contribution in [2.75, 3.05) is 43.4 Å². The number of thioether (sulfide) groups is 1. The smallest absolute Gasteiger partial charge is 0.328 e. The van der Waals surface area contributed by atoms with E-state index in [4.69, 9.17) is 0 Å². The molecule has 0 spiro atoms. The molecule has 0 radical (unpaired) electrons. The van der Waals surface area contributed by atoms with Crippen LogP contribution in [0.1, 0.15) is 39.0 Å². The number of nitrogens with one attached hydrogen (secondary N) is 1. The number of nitrogens with zero attached hydrogens (tertiary/aromatic N) is 3. The number of aromatic amines is 1. The van der Waals surface area contributed by atoms with E-state index in [1.54, 1.807) is 12.1 Å². The molecule has 0 saturated carbocycles. The van der Waals surface area contributed by atoms with Crippen molar-refractivity contribution >= 4 is 28.4 Å². The average Bonchev–Trinajstić information content (AvgIpc) is 2.87. The Kier molecular flexibility index (Phi) is 8.88. The van der Waals surface area contributed by atoms with Crippen LogP contribution in [0.25, 0.3) is 10.9 Å². The van der Waals surface area contributed by atoms with E-state index in [0.29, 0.717) is 17.4 Å². The molecule has 1 N–H and O–H groups in total. The van der Waals surface area contributed by atoms with Gasteiger partial charge in [-0.3, -0.25) is 14.3 Å². The Morgan fingerprint density at radius 2 is 1.56 bits per heavy atom. The van der Waals surface area contributed by atoms with Gasteiger partial charge >= 0.3 is 5.69 Å². The van der Waals surface area contributed by atoms with Gasteiger partial charge in [-0.25, -0.2) is 4.79 Å². The molecule has 1 aliphatic rings. The zero-order chi connectivity index (χ0) is 23.8. The Balaban J connectivity index is 1.17. The molecule has 0 aliphatic carbocycles. The van der Waals surface area contributed by atoms with Gasteiger partial charge in [0.1, 0.15) is 0 Å². The van der Waals surface area contributed by atoms with Crippen LogP contribution in [0.2, 0.25) is 0 Å². The van der Waals surface area contributed by atoms with E-state index in [0.717, 1.165) is 58.4 Å². The molecule has 6 nitrogen and oxygen atoms in total. The molecule has 2 aromatic carbocycles. The summed E-state index contributed by atoms with van der Waals surface area (Å²) in [6.07, 6.45) is 5.35. The number of hydrogen-bond donors (Lipinski definition) is 1. The fraction of sp³-hybridized carbons (Fsp3) is 0.481. The zero-order valence-electron chi connectivity index (χ0n) is 20.2. The summed E-state index contributed by atoms with van der Waals surface area (Å²) in [5, 5.41) is 0.577. The van der Waals surface area contributed by atoms with E-state index in [1.165, 1.54) is 27.3 Å². The molecule has 0 atom stereocenters. The van der Waals surface area contributed by atoms with Crippen molar-refractivity contribution in [1.82, 2.24) is 14.5 Å². The monoisotopic (exact) mass is 480 g/mol. The maximum Gasteiger partial charge on any atom is 0.328 e. The van der Waals surface area contributed by atoms with Crippen LogP contribution in [-0.4, -0.2) is 52.9 Å². The Morgan fingerprint density at radius 1 is 0.853 bits per heavy atom. The Labute approximate surface area is 206 Å². The summed E-state index contributed by atoms with van der Waals surface area (Å²) in [5.41, 5.74) is 1.50. The number of H-pyrrole nitrogens is 1. The fourth-order valence-electron chi connectivity index (χ4n) is 4.63. The lowest BCUT2D eigenvalue weighted by atomic mass is 10.1. The highest BCUT2D eigenvalue weighted by Gasteiger charge is 2.18. The summed E-state index contributed by atoms with van der Waals surface area (Å²) < 4.78 is 1.35. The highest BCUT2D eigenvalue weighted by molar-refractivity contribution is 7.99. The van der Waals surface area contributed by atoms with Crippen LogP contribution >= 0.6 is 11.8 Å². The van der Waals surface area contributed by atoms with Crippen molar-refractivity contribution in [2.45, 2.75) is 50.5 Å². The quantitative estimate of drug-likeness (QED) is 0.322. The molecule has 1 fully saturated rings. The van der Waals surface area contributed by atoms with Crippen LogP contribution in [-0.2, 0) is 6.54 Å². The summed E-state index contributed by atoms with van der Waals surface area (Å²) in [7, 11) is 0. The number of para-hydroxylation sites is 2. The van der Waals surface area contributed by atoms with Gasteiger partial charge < -0.3 is 9.88 Å². The normalized spacial score (nSPS) is 14.7. The molecule has 1 aromatic heterocycles. The SMILES string of the molecule is CCCSc1ccccc1N1CCN(CCCCCCn2c(=O)[nH]c3ccccc3c2=O)CC1. The summed E-state index contributed by atoms with van der Waals surface area (Å²) in [5.74, 6) is 1.17. The van der Waals surface area contributed by atoms with Crippen LogP contribution in [0, 0.1) is 0 Å². The second-order valence-electron chi connectivity index (χ2n) is 8.99. The number of fused-ring (bicyclic) bond motifs is 1. The van der Waals surface area contributed by atoms with E-state index < -0.39 is 0 Å². The average molecular weight is 481 g/mol. The molecular formula is C27H36N4O2S. The van der Waals surface area contributed by atoms with Gasteiger partial charge in [-0.05, 0) is 55.8 Å². The first kappa shape index (κ1) is 24.6. The molecule has 0 unspecified atom stereocenters. The van der Waals surface area contributed by atoms with Crippen molar-refractivity contribution in [2.24, 2.45) is 0 Å². The first-order valence-electron chi connectivity index (χ1n) is 12.6. The van der Waals surface area contributed by atoms with Gasteiger partial charge in [0.2, 0.25) is 0 Å². The second-order valence-corrected chi connectivity index (χ2v) is 10.1. The Hall–Kier alpha value is -2.51. The number of hydrogen-bond acceptors (Lipinski definition) is 5. The molecule has 3 aromatic rings. The molecule has 0 amide bonds. The van der Waals surface area contributed by atoms with Crippen molar-refractivity contribution < 1.29 is 0 Å². The third-order valence-electron chi connectivity index (χ3n) is 6.54. The van der Waals surface area contributed by atoms with Crippen molar-refractivity contribution in [3.05, 3.63) is 69.4 Å². The molecule has 2 heterocycles. The van der Waals surface area contributed by atoms with E-state index in [2.05, 4.69) is 46.0 Å². The van der Waals surface area contributed by atoms with E-state index in [9.17, 15) is 9.59 Å². The van der Waals surface area contributed by atoms with Gasteiger partial charge in [0.25, 0.3) is 5.56 Å². The van der Waals surface area contributed by atoms with Gasteiger partial charge in [0.05, 0.1) is 16.6 Å². The summed E-state index contributed by atoms with van der Waals surface area (Å²) in [6, 6.07) is 16.0. The first-order chi connectivity index (χ1) is 16.7. The predicted molar refractivity (Wildman–Crippen MR) is 143 cm³/mol. The van der Waals surface area contributed by atoms with Gasteiger partial charge in [-0.15, -0.1) is 11.8 Å². The lowest BCUT2D eigenvalue weighted by Crippen LogP contribution is -2.46. The van der Waals surface area contributed by atoms with Gasteiger partial charge in [0, 0.05) is 37.6 Å². The standard InChI is InChI=1S/C27H36N4O2S/c1-2-21-34-25-14-8-7-13-24(25)30-19-17-29(18-20-30)15-9-3-4-10-16-31-26(32)22-11-5-6-12-23(22)28-27(31)33/h5-8,11-14H,2-4,9-10,15-21H2,1H3,(H,28,33). The van der Waals surface area contributed by atoms with Crippen molar-refractivity contribution in [3.8, 4) is 0 Å². The molecular weight excluding hydrogens is 444 g/mol. The van der Waals surface area contributed by atoms with Crippen LogP contribution in [0.5, 0.6) is 0 Å². The topological polar surface area (TPSA) is 61.3 Å². The number of rotatable bonds is 11. The zero-order valence-corrected chi connectivity index (χ0v) is 21.0. The van der Waals surface area contributed by atoms with Crippen molar-refractivity contribution in [3.63, 3.8) is 0 Å². The first-order valence-corrected chi connectivity index (χ1v) is 13.6. The minimum absolute atomic E-state index is 0.188. The fourth-order valence-corrected chi connectivity index (χ4v) is 5.57. The number of benzene rings is 2. The molecule has 1 saturated heterocycles. The van der Waals surface area contributed by atoms with Gasteiger partial charge in [0.15, 0.2) is 0 Å². The lowest BCUT2D eigenvalue weighted by Gasteiger charge is -2.37. The molecule has 1 aliphatic heterocycles. The van der Waals surface area contributed by atoms with Crippen LogP contribution < -0.4 is 16.1 Å². The van der Waals surface area contributed by atoms with E-state index >= 15 is 0 Å². The largest absolute Gasteiger partial charge is 0.368 e. The van der Waals surface area contributed by atoms with Gasteiger partial charge in [-0.1, -0.05) is 44.0 Å². The minimum Gasteiger partial charge on any atom is -0.368 e. The Bertz CT molecular complexity index is 1180. The van der Waals surface area contributed by atoms with Gasteiger partial charge in [-0.2, -0.15) is 0 Å². The minimum atomic E-state index is -0.309. The van der Waals surface area contributed by atoms with Crippen molar-refractivity contribution in [1.29, 1.82) is 0 Å². The number of anilines is 1. The maximum absolute atomic E-state index is 12.6. The second kappa shape index (κ2) is 12.3. The summed E-state index contributed by atoms with van der Waals surface area (Å²) in [6.45, 7) is 8.21. The highest BCUT2D eigenvalue weighted by atomic mass is 32.2. The number of aromatic nitrogens is 2. The molecule has 34 heavy (non-hydrogen) atoms. The molecule has 182 valence electrons. The number of unbranched alkanes of at least 4 members (excludes halogenated alkanes) is 3. The van der Waals surface area contributed by atoms with Crippen LogP contribution in [0.4, 0.5) is 5.69 Å². The lowest BCUT2D eigenvalue weighted by molar-refractivity contribution is 0.251. The summed E-state index contributed by atoms with van der Waals surface area (Å²) >= 11 is 1.97. The maximum atomic E-state index is 12.6. The molecule has 0 bridgehead atoms. The summed E-state index contributed by atoms with van der Waals surface area (Å²) in [4.78, 5) is 34.2. The van der Waals surface area contributed by atoms with Crippen LogP contribution in [0.15, 0.2) is 63.0 Å². The van der Waals surface area contributed by atoms with Crippen LogP contribution in [0.3, 0.4) is 0 Å². The predicted octanol–water partition coefficient (Wildman–Crippen LogP) is 4.57. The Morgan fingerprint density at radius 3 is 2.35 bits per heavy atom. The van der Waals surface area contributed by atoms with E-state index in [-0.39, 0.29) is 11.2 Å². The highest BCUT2D eigenvalue weighted by Crippen LogP contribution is 2.31. The van der Waals surface area contributed by atoms with E-state index in [1.807, 2.05) is 23.9 Å². The molecule has 7 heteroatoms. The molecule has 4 rings (SSSR count). The number of piperazine rings is 1. The third kappa shape index (κ3) is 6.13.